The quantitative estimate of drug-likeness (QED) is 0.788. The second-order valence-corrected chi connectivity index (χ2v) is 3.72. The third-order valence-corrected chi connectivity index (χ3v) is 2.46. The Morgan fingerprint density at radius 2 is 2.50 bits per heavy atom. The van der Waals surface area contributed by atoms with Crippen molar-refractivity contribution in [3.63, 3.8) is 0 Å². The van der Waals surface area contributed by atoms with Crippen molar-refractivity contribution in [3.05, 3.63) is 23.9 Å². The van der Waals surface area contributed by atoms with E-state index in [-0.39, 0.29) is 0 Å². The van der Waals surface area contributed by atoms with Crippen LogP contribution in [-0.4, -0.2) is 24.2 Å². The van der Waals surface area contributed by atoms with Gasteiger partial charge in [0.15, 0.2) is 0 Å². The van der Waals surface area contributed by atoms with E-state index in [9.17, 15) is 0 Å². The average molecular weight is 192 g/mol. The number of nitrogens with one attached hydrogen (secondary N) is 1. The van der Waals surface area contributed by atoms with Crippen molar-refractivity contribution < 1.29 is 4.74 Å². The summed E-state index contributed by atoms with van der Waals surface area (Å²) in [6.07, 6.45) is 2.47. The Morgan fingerprint density at radius 3 is 3.21 bits per heavy atom. The minimum Gasteiger partial charge on any atom is -0.476 e. The van der Waals surface area contributed by atoms with Crippen molar-refractivity contribution in [2.24, 2.45) is 0 Å². The van der Waals surface area contributed by atoms with E-state index < -0.39 is 0 Å². The van der Waals surface area contributed by atoms with Gasteiger partial charge >= 0.3 is 0 Å². The summed E-state index contributed by atoms with van der Waals surface area (Å²) in [4.78, 5) is 4.28. The first-order chi connectivity index (χ1) is 6.84. The predicted octanol–water partition coefficient (Wildman–Crippen LogP) is 1.52. The molecule has 0 radical (unpaired) electrons. The lowest BCUT2D eigenvalue weighted by molar-refractivity contribution is 0.267. The summed E-state index contributed by atoms with van der Waals surface area (Å²) < 4.78 is 5.60. The van der Waals surface area contributed by atoms with Gasteiger partial charge in [-0.1, -0.05) is 6.07 Å². The second-order valence-electron chi connectivity index (χ2n) is 3.72. The van der Waals surface area contributed by atoms with Gasteiger partial charge in [0.1, 0.15) is 6.61 Å². The van der Waals surface area contributed by atoms with Crippen LogP contribution >= 0.6 is 0 Å². The topological polar surface area (TPSA) is 34.1 Å². The number of pyridine rings is 1. The Bertz CT molecular complexity index is 295. The highest BCUT2D eigenvalue weighted by Crippen LogP contribution is 2.10. The van der Waals surface area contributed by atoms with Crippen molar-refractivity contribution >= 4 is 0 Å². The van der Waals surface area contributed by atoms with E-state index in [1.807, 2.05) is 25.1 Å². The van der Waals surface area contributed by atoms with Crippen LogP contribution in [0.1, 0.15) is 18.5 Å². The average Bonchev–Trinajstić information content (AvgIpc) is 2.67. The molecule has 1 aromatic rings. The molecule has 1 atom stereocenters. The number of hydrogen-bond donors (Lipinski definition) is 1. The van der Waals surface area contributed by atoms with E-state index in [0.717, 1.165) is 24.7 Å². The lowest BCUT2D eigenvalue weighted by Gasteiger charge is -2.11. The molecular formula is C11H16N2O. The molecule has 0 amide bonds. The Kier molecular flexibility index (Phi) is 2.99. The molecule has 2 heterocycles. The molecule has 0 aromatic carbocycles. The molecule has 3 heteroatoms. The van der Waals surface area contributed by atoms with Crippen molar-refractivity contribution in [1.82, 2.24) is 10.3 Å². The summed E-state index contributed by atoms with van der Waals surface area (Å²) in [5.74, 6) is 0.735. The Hall–Kier alpha value is -1.09. The zero-order chi connectivity index (χ0) is 9.80. The molecule has 1 aromatic heterocycles. The minimum atomic E-state index is 0.511. The van der Waals surface area contributed by atoms with Gasteiger partial charge in [0.05, 0.1) is 0 Å². The smallest absolute Gasteiger partial charge is 0.213 e. The number of rotatable bonds is 3. The van der Waals surface area contributed by atoms with Crippen LogP contribution in [0, 0.1) is 6.92 Å². The Morgan fingerprint density at radius 1 is 1.57 bits per heavy atom. The number of aryl methyl sites for hydroxylation is 1. The van der Waals surface area contributed by atoms with E-state index in [0.29, 0.717) is 6.04 Å². The first-order valence-electron chi connectivity index (χ1n) is 5.14. The standard InChI is InChI=1S/C11H16N2O/c1-9-4-2-6-11(13-9)14-8-10-5-3-7-12-10/h2,4,6,10,12H,3,5,7-8H2,1H3/t10-/m0/s1. The molecule has 1 N–H and O–H groups in total. The van der Waals surface area contributed by atoms with Gasteiger partial charge in [-0.3, -0.25) is 0 Å². The van der Waals surface area contributed by atoms with Crippen LogP contribution in [-0.2, 0) is 0 Å². The van der Waals surface area contributed by atoms with Crippen LogP contribution in [0.15, 0.2) is 18.2 Å². The van der Waals surface area contributed by atoms with Crippen LogP contribution in [0.2, 0.25) is 0 Å². The van der Waals surface area contributed by atoms with E-state index >= 15 is 0 Å². The summed E-state index contributed by atoms with van der Waals surface area (Å²) in [7, 11) is 0. The van der Waals surface area contributed by atoms with Gasteiger partial charge in [-0.15, -0.1) is 0 Å². The van der Waals surface area contributed by atoms with Crippen molar-refractivity contribution in [2.45, 2.75) is 25.8 Å². The monoisotopic (exact) mass is 192 g/mol. The SMILES string of the molecule is Cc1cccc(OC[C@@H]2CCCN2)n1. The molecule has 1 fully saturated rings. The highest BCUT2D eigenvalue weighted by Gasteiger charge is 2.14. The van der Waals surface area contributed by atoms with Gasteiger partial charge in [-0.05, 0) is 32.4 Å². The van der Waals surface area contributed by atoms with E-state index in [1.165, 1.54) is 12.8 Å². The first kappa shape index (κ1) is 9.46. The predicted molar refractivity (Wildman–Crippen MR) is 55.5 cm³/mol. The molecule has 1 aliphatic rings. The number of hydrogen-bond acceptors (Lipinski definition) is 3. The maximum absolute atomic E-state index is 5.60. The molecular weight excluding hydrogens is 176 g/mol. The van der Waals surface area contributed by atoms with Gasteiger partial charge in [-0.25, -0.2) is 4.98 Å². The largest absolute Gasteiger partial charge is 0.476 e. The van der Waals surface area contributed by atoms with Crippen LogP contribution in [0.4, 0.5) is 0 Å². The van der Waals surface area contributed by atoms with Crippen LogP contribution in [0.3, 0.4) is 0 Å². The fourth-order valence-electron chi connectivity index (χ4n) is 1.68. The first-order valence-corrected chi connectivity index (χ1v) is 5.14. The molecule has 0 spiro atoms. The van der Waals surface area contributed by atoms with Gasteiger partial charge in [0.2, 0.25) is 5.88 Å². The minimum absolute atomic E-state index is 0.511. The van der Waals surface area contributed by atoms with Crippen molar-refractivity contribution in [2.75, 3.05) is 13.2 Å². The number of nitrogens with zero attached hydrogens (tertiary/aromatic N) is 1. The highest BCUT2D eigenvalue weighted by atomic mass is 16.5. The van der Waals surface area contributed by atoms with Crippen molar-refractivity contribution in [1.29, 1.82) is 0 Å². The maximum Gasteiger partial charge on any atom is 0.213 e. The maximum atomic E-state index is 5.60. The normalized spacial score (nSPS) is 21.1. The van der Waals surface area contributed by atoms with Gasteiger partial charge in [-0.2, -0.15) is 0 Å². The summed E-state index contributed by atoms with van der Waals surface area (Å²) in [5, 5.41) is 3.39. The zero-order valence-electron chi connectivity index (χ0n) is 8.49. The molecule has 14 heavy (non-hydrogen) atoms. The Labute approximate surface area is 84.5 Å². The summed E-state index contributed by atoms with van der Waals surface area (Å²) in [5.41, 5.74) is 1.00. The molecule has 76 valence electrons. The van der Waals surface area contributed by atoms with Gasteiger partial charge < -0.3 is 10.1 Å². The zero-order valence-corrected chi connectivity index (χ0v) is 8.49. The van der Waals surface area contributed by atoms with Gasteiger partial charge in [0.25, 0.3) is 0 Å². The van der Waals surface area contributed by atoms with E-state index in [4.69, 9.17) is 4.74 Å². The van der Waals surface area contributed by atoms with Crippen LogP contribution < -0.4 is 10.1 Å². The third kappa shape index (κ3) is 2.45. The molecule has 0 unspecified atom stereocenters. The molecule has 3 nitrogen and oxygen atoms in total. The molecule has 0 aliphatic carbocycles. The molecule has 1 saturated heterocycles. The van der Waals surface area contributed by atoms with E-state index in [2.05, 4.69) is 10.3 Å². The summed E-state index contributed by atoms with van der Waals surface area (Å²) >= 11 is 0. The summed E-state index contributed by atoms with van der Waals surface area (Å²) in [6.45, 7) is 3.83. The number of aromatic nitrogens is 1. The highest BCUT2D eigenvalue weighted by molar-refractivity contribution is 5.14. The van der Waals surface area contributed by atoms with Gasteiger partial charge in [0, 0.05) is 17.8 Å². The van der Waals surface area contributed by atoms with Crippen molar-refractivity contribution in [3.8, 4) is 5.88 Å². The fraction of sp³-hybridized carbons (Fsp3) is 0.545. The second kappa shape index (κ2) is 4.42. The van der Waals surface area contributed by atoms with Crippen LogP contribution in [0.25, 0.3) is 0 Å². The van der Waals surface area contributed by atoms with Crippen LogP contribution in [0.5, 0.6) is 5.88 Å². The number of ether oxygens (including phenoxy) is 1. The third-order valence-electron chi connectivity index (χ3n) is 2.46. The fourth-order valence-corrected chi connectivity index (χ4v) is 1.68. The van der Waals surface area contributed by atoms with E-state index in [1.54, 1.807) is 0 Å². The molecule has 0 saturated carbocycles. The molecule has 1 aliphatic heterocycles. The molecule has 2 rings (SSSR count). The lowest BCUT2D eigenvalue weighted by atomic mass is 10.2. The summed E-state index contributed by atoms with van der Waals surface area (Å²) in [6, 6.07) is 6.36. The lowest BCUT2D eigenvalue weighted by Crippen LogP contribution is -2.28. The Balaban J connectivity index is 1.85. The molecule has 0 bridgehead atoms.